The zero-order valence-electron chi connectivity index (χ0n) is 15.3. The molecule has 0 aromatic heterocycles. The van der Waals surface area contributed by atoms with E-state index in [1.807, 2.05) is 0 Å². The fourth-order valence-electron chi connectivity index (χ4n) is 1.42. The Hall–Kier alpha value is -2.64. The first-order valence-electron chi connectivity index (χ1n) is 8.20. The van der Waals surface area contributed by atoms with Gasteiger partial charge in [-0.05, 0) is 26.7 Å². The molecule has 0 aromatic carbocycles. The molecular formula is C18H26O8. The molecule has 0 aliphatic rings. The van der Waals surface area contributed by atoms with Crippen LogP contribution >= 0.6 is 0 Å². The van der Waals surface area contributed by atoms with Crippen LogP contribution in [0.15, 0.2) is 24.3 Å². The van der Waals surface area contributed by atoms with Crippen molar-refractivity contribution in [2.75, 3.05) is 26.4 Å². The fourth-order valence-corrected chi connectivity index (χ4v) is 1.42. The molecule has 0 rings (SSSR count). The smallest absolute Gasteiger partial charge is 0.333 e. The molecule has 0 saturated carbocycles. The summed E-state index contributed by atoms with van der Waals surface area (Å²) in [6.07, 6.45) is 0.984. The highest BCUT2D eigenvalue weighted by molar-refractivity contribution is 5.87. The first kappa shape index (κ1) is 23.4. The van der Waals surface area contributed by atoms with Gasteiger partial charge in [0, 0.05) is 11.1 Å². The van der Waals surface area contributed by atoms with Crippen molar-refractivity contribution in [2.24, 2.45) is 0 Å². The lowest BCUT2D eigenvalue weighted by Gasteiger charge is -2.07. The van der Waals surface area contributed by atoms with E-state index in [-0.39, 0.29) is 50.4 Å². The maximum absolute atomic E-state index is 11.4. The van der Waals surface area contributed by atoms with Gasteiger partial charge in [-0.25, -0.2) is 9.59 Å². The number of hydrogen-bond donors (Lipinski definition) is 0. The maximum atomic E-state index is 11.4. The molecule has 8 heteroatoms. The van der Waals surface area contributed by atoms with Crippen LogP contribution < -0.4 is 0 Å². The topological polar surface area (TPSA) is 105 Å². The molecule has 8 nitrogen and oxygen atoms in total. The third kappa shape index (κ3) is 12.7. The van der Waals surface area contributed by atoms with Crippen molar-refractivity contribution in [1.82, 2.24) is 0 Å². The molecule has 0 saturated heterocycles. The summed E-state index contributed by atoms with van der Waals surface area (Å²) in [5.41, 5.74) is 0.531. The minimum absolute atomic E-state index is 0.0308. The van der Waals surface area contributed by atoms with Gasteiger partial charge in [-0.3, -0.25) is 9.59 Å². The van der Waals surface area contributed by atoms with Crippen LogP contribution in [-0.4, -0.2) is 50.3 Å². The summed E-state index contributed by atoms with van der Waals surface area (Å²) in [5.74, 6) is -2.05. The Morgan fingerprint density at radius 1 is 0.615 bits per heavy atom. The van der Waals surface area contributed by atoms with Crippen LogP contribution in [-0.2, 0) is 38.1 Å². The van der Waals surface area contributed by atoms with E-state index in [1.54, 1.807) is 0 Å². The molecule has 0 spiro atoms. The van der Waals surface area contributed by atoms with Gasteiger partial charge in [0.15, 0.2) is 0 Å². The minimum Gasteiger partial charge on any atom is -0.466 e. The van der Waals surface area contributed by atoms with Gasteiger partial charge in [-0.15, -0.1) is 0 Å². The highest BCUT2D eigenvalue weighted by atomic mass is 16.6. The molecular weight excluding hydrogens is 344 g/mol. The third-order valence-electron chi connectivity index (χ3n) is 2.84. The largest absolute Gasteiger partial charge is 0.466 e. The van der Waals surface area contributed by atoms with Gasteiger partial charge in [0.25, 0.3) is 0 Å². The standard InChI is InChI=1S/C18H26O8/c1-13(2)17(21)25-11-7-15(19)23-9-5-6-10-24-16(20)8-12-26-18(22)14(3)4/h1,3,5-12H2,2,4H3. The quantitative estimate of drug-likeness (QED) is 0.209. The van der Waals surface area contributed by atoms with E-state index in [9.17, 15) is 19.2 Å². The van der Waals surface area contributed by atoms with Gasteiger partial charge in [0.2, 0.25) is 0 Å². The summed E-state index contributed by atoms with van der Waals surface area (Å²) >= 11 is 0. The second-order valence-electron chi connectivity index (χ2n) is 5.48. The van der Waals surface area contributed by atoms with Gasteiger partial charge in [0.05, 0.1) is 26.1 Å². The summed E-state index contributed by atoms with van der Waals surface area (Å²) in [5, 5.41) is 0. The van der Waals surface area contributed by atoms with E-state index in [0.29, 0.717) is 12.8 Å². The Morgan fingerprint density at radius 2 is 0.962 bits per heavy atom. The monoisotopic (exact) mass is 370 g/mol. The first-order chi connectivity index (χ1) is 12.2. The second kappa shape index (κ2) is 13.6. The number of ether oxygens (including phenoxy) is 4. The molecule has 0 amide bonds. The third-order valence-corrected chi connectivity index (χ3v) is 2.84. The Kier molecular flexibility index (Phi) is 12.2. The Balaban J connectivity index is 3.54. The van der Waals surface area contributed by atoms with Gasteiger partial charge in [-0.1, -0.05) is 13.2 Å². The van der Waals surface area contributed by atoms with E-state index in [0.717, 1.165) is 0 Å². The van der Waals surface area contributed by atoms with E-state index in [1.165, 1.54) is 13.8 Å². The number of rotatable bonds is 13. The van der Waals surface area contributed by atoms with Crippen LogP contribution in [0.5, 0.6) is 0 Å². The summed E-state index contributed by atoms with van der Waals surface area (Å²) in [7, 11) is 0. The molecule has 0 unspecified atom stereocenters. The molecule has 0 heterocycles. The van der Waals surface area contributed by atoms with Crippen molar-refractivity contribution in [2.45, 2.75) is 39.5 Å². The van der Waals surface area contributed by atoms with Gasteiger partial charge >= 0.3 is 23.9 Å². The van der Waals surface area contributed by atoms with Crippen molar-refractivity contribution >= 4 is 23.9 Å². The van der Waals surface area contributed by atoms with Crippen molar-refractivity contribution in [3.05, 3.63) is 24.3 Å². The van der Waals surface area contributed by atoms with E-state index in [4.69, 9.17) is 18.9 Å². The number of carbonyl (C=O) groups excluding carboxylic acids is 4. The van der Waals surface area contributed by atoms with Crippen molar-refractivity contribution in [1.29, 1.82) is 0 Å². The molecule has 26 heavy (non-hydrogen) atoms. The lowest BCUT2D eigenvalue weighted by Crippen LogP contribution is -2.14. The summed E-state index contributed by atoms with van der Waals surface area (Å²) in [4.78, 5) is 45.0. The van der Waals surface area contributed by atoms with Gasteiger partial charge in [0.1, 0.15) is 13.2 Å². The van der Waals surface area contributed by atoms with Crippen molar-refractivity contribution < 1.29 is 38.1 Å². The lowest BCUT2D eigenvalue weighted by atomic mass is 10.3. The predicted octanol–water partition coefficient (Wildman–Crippen LogP) is 1.87. The molecule has 0 bridgehead atoms. The lowest BCUT2D eigenvalue weighted by molar-refractivity contribution is -0.150. The second-order valence-corrected chi connectivity index (χ2v) is 5.48. The molecule has 0 N–H and O–H groups in total. The number of esters is 4. The summed E-state index contributed by atoms with van der Waals surface area (Å²) in [6.45, 7) is 10.1. The fraction of sp³-hybridized carbons (Fsp3) is 0.556. The van der Waals surface area contributed by atoms with Crippen LogP contribution in [0.25, 0.3) is 0 Å². The average Bonchev–Trinajstić information content (AvgIpc) is 2.57. The highest BCUT2D eigenvalue weighted by Crippen LogP contribution is 1.99. The average molecular weight is 370 g/mol. The Bertz CT molecular complexity index is 487. The van der Waals surface area contributed by atoms with Gasteiger partial charge in [-0.2, -0.15) is 0 Å². The predicted molar refractivity (Wildman–Crippen MR) is 91.9 cm³/mol. The number of carbonyl (C=O) groups is 4. The Labute approximate surface area is 153 Å². The Morgan fingerprint density at radius 3 is 1.27 bits per heavy atom. The molecule has 146 valence electrons. The first-order valence-corrected chi connectivity index (χ1v) is 8.20. The molecule has 0 aromatic rings. The molecule has 0 aliphatic carbocycles. The van der Waals surface area contributed by atoms with Crippen LogP contribution in [0.4, 0.5) is 0 Å². The van der Waals surface area contributed by atoms with Gasteiger partial charge < -0.3 is 18.9 Å². The SMILES string of the molecule is C=C(C)C(=O)OCCC(=O)OCCCCOC(=O)CCOC(=O)C(=C)C. The van der Waals surface area contributed by atoms with E-state index >= 15 is 0 Å². The molecule has 0 fully saturated rings. The van der Waals surface area contributed by atoms with Crippen LogP contribution in [0, 0.1) is 0 Å². The number of hydrogen-bond acceptors (Lipinski definition) is 8. The molecule has 0 aliphatic heterocycles. The zero-order chi connectivity index (χ0) is 19.9. The van der Waals surface area contributed by atoms with E-state index < -0.39 is 23.9 Å². The summed E-state index contributed by atoms with van der Waals surface area (Å²) < 4.78 is 19.4. The van der Waals surface area contributed by atoms with Crippen molar-refractivity contribution in [3.8, 4) is 0 Å². The van der Waals surface area contributed by atoms with E-state index in [2.05, 4.69) is 13.2 Å². The maximum Gasteiger partial charge on any atom is 0.333 e. The highest BCUT2D eigenvalue weighted by Gasteiger charge is 2.08. The zero-order valence-corrected chi connectivity index (χ0v) is 15.3. The number of unbranched alkanes of at least 4 members (excludes halogenated alkanes) is 1. The van der Waals surface area contributed by atoms with Crippen LogP contribution in [0.3, 0.4) is 0 Å². The minimum atomic E-state index is -0.547. The van der Waals surface area contributed by atoms with Crippen molar-refractivity contribution in [3.63, 3.8) is 0 Å². The molecule has 0 radical (unpaired) electrons. The molecule has 0 atom stereocenters. The normalized spacial score (nSPS) is 9.77. The van der Waals surface area contributed by atoms with Crippen LogP contribution in [0.2, 0.25) is 0 Å². The summed E-state index contributed by atoms with van der Waals surface area (Å²) in [6, 6.07) is 0. The van der Waals surface area contributed by atoms with Crippen LogP contribution in [0.1, 0.15) is 39.5 Å².